The van der Waals surface area contributed by atoms with Gasteiger partial charge in [0.2, 0.25) is 0 Å². The Morgan fingerprint density at radius 2 is 1.33 bits per heavy atom. The maximum Gasteiger partial charge on any atom is 0.543 e. The molecule has 0 saturated carbocycles. The maximum atomic E-state index is 12.2. The third-order valence-corrected chi connectivity index (χ3v) is 4.38. The van der Waals surface area contributed by atoms with Crippen molar-refractivity contribution in [2.45, 2.75) is 60.8 Å². The Morgan fingerprint density at radius 1 is 0.792 bits per heavy atom. The van der Waals surface area contributed by atoms with E-state index < -0.39 is 12.1 Å². The lowest BCUT2D eigenvalue weighted by atomic mass is 9.90. The Balaban J connectivity index is 2.60. The molecule has 0 aliphatic rings. The van der Waals surface area contributed by atoms with E-state index in [1.165, 1.54) is 0 Å². The van der Waals surface area contributed by atoms with Crippen molar-refractivity contribution in [1.29, 1.82) is 0 Å². The fourth-order valence-electron chi connectivity index (χ4n) is 2.46. The summed E-state index contributed by atoms with van der Waals surface area (Å²) in [7, 11) is 0. The van der Waals surface area contributed by atoms with Gasteiger partial charge in [-0.05, 0) is 68.9 Å². The fourth-order valence-corrected chi connectivity index (χ4v) is 2.46. The van der Waals surface area contributed by atoms with E-state index in [9.17, 15) is 9.59 Å². The quantitative estimate of drug-likeness (QED) is 0.314. The van der Waals surface area contributed by atoms with Crippen LogP contribution in [0.25, 0.3) is 0 Å². The molecule has 0 aliphatic carbocycles. The molecule has 0 fully saturated rings. The van der Waals surface area contributed by atoms with Gasteiger partial charge in [-0.1, -0.05) is 19.8 Å². The van der Waals surface area contributed by atoms with Crippen LogP contribution in [0.15, 0.2) is 0 Å². The Morgan fingerprint density at radius 3 is 1.88 bits per heavy atom. The molecule has 0 aliphatic heterocycles. The van der Waals surface area contributed by atoms with E-state index in [-0.39, 0.29) is 6.61 Å². The number of carbonyl (C=O) groups excluding carboxylic acids is 2. The van der Waals surface area contributed by atoms with Crippen LogP contribution in [0.3, 0.4) is 0 Å². The summed E-state index contributed by atoms with van der Waals surface area (Å²) in [4.78, 5) is 32.3. The Hall–Kier alpha value is -2.08. The summed E-state index contributed by atoms with van der Waals surface area (Å²) in [6, 6.07) is 0. The average molecular weight is 338 g/mol. The minimum Gasteiger partial charge on any atom is -0.432 e. The van der Waals surface area contributed by atoms with Gasteiger partial charge in [0.25, 0.3) is 0 Å². The van der Waals surface area contributed by atoms with Crippen molar-refractivity contribution in [3.8, 4) is 0 Å². The molecule has 1 aromatic carbocycles. The second kappa shape index (κ2) is 9.27. The largest absolute Gasteiger partial charge is 0.543 e. The summed E-state index contributed by atoms with van der Waals surface area (Å²) in [6.07, 6.45) is 1.67. The Bertz CT molecular complexity index is 577. The number of rotatable bonds is 7. The molecule has 6 heteroatoms. The topological polar surface area (TPSA) is 71.1 Å². The molecule has 134 valence electrons. The van der Waals surface area contributed by atoms with Crippen LogP contribution in [0, 0.1) is 34.6 Å². The number of hydrogen-bond acceptors (Lipinski definition) is 6. The summed E-state index contributed by atoms with van der Waals surface area (Å²) in [5.74, 6) is -0.713. The van der Waals surface area contributed by atoms with Gasteiger partial charge in [-0.2, -0.15) is 0 Å². The molecule has 0 atom stereocenters. The third-order valence-electron chi connectivity index (χ3n) is 4.38. The highest BCUT2D eigenvalue weighted by atomic mass is 17.5. The molecular formula is C18H26O6. The van der Waals surface area contributed by atoms with Crippen LogP contribution in [0.2, 0.25) is 0 Å². The highest BCUT2D eigenvalue weighted by molar-refractivity contribution is 5.93. The maximum absolute atomic E-state index is 12.2. The molecule has 0 bridgehead atoms. The van der Waals surface area contributed by atoms with Crippen molar-refractivity contribution in [2.24, 2.45) is 0 Å². The van der Waals surface area contributed by atoms with Crippen LogP contribution >= 0.6 is 0 Å². The van der Waals surface area contributed by atoms with Crippen molar-refractivity contribution in [3.63, 3.8) is 0 Å². The van der Waals surface area contributed by atoms with Crippen molar-refractivity contribution in [3.05, 3.63) is 33.4 Å². The molecule has 0 amide bonds. The monoisotopic (exact) mass is 338 g/mol. The van der Waals surface area contributed by atoms with Gasteiger partial charge in [-0.15, -0.1) is 0 Å². The molecule has 0 spiro atoms. The molecule has 6 nitrogen and oxygen atoms in total. The molecular weight excluding hydrogens is 312 g/mol. The smallest absolute Gasteiger partial charge is 0.432 e. The molecule has 0 N–H and O–H groups in total. The van der Waals surface area contributed by atoms with E-state index in [4.69, 9.17) is 4.74 Å². The minimum atomic E-state index is -1.04. The number of unbranched alkanes of at least 4 members (excludes halogenated alkanes) is 2. The van der Waals surface area contributed by atoms with E-state index in [2.05, 4.69) is 14.8 Å². The first-order valence-corrected chi connectivity index (χ1v) is 8.10. The molecule has 0 aromatic heterocycles. The normalized spacial score (nSPS) is 10.4. The van der Waals surface area contributed by atoms with Gasteiger partial charge in [-0.3, -0.25) is 4.89 Å². The van der Waals surface area contributed by atoms with E-state index in [0.29, 0.717) is 5.56 Å². The highest BCUT2D eigenvalue weighted by Gasteiger charge is 2.21. The Kier molecular flexibility index (Phi) is 7.71. The van der Waals surface area contributed by atoms with Crippen molar-refractivity contribution < 1.29 is 29.1 Å². The lowest BCUT2D eigenvalue weighted by Gasteiger charge is -2.16. The summed E-state index contributed by atoms with van der Waals surface area (Å²) in [5, 5.41) is 4.26. The van der Waals surface area contributed by atoms with Crippen LogP contribution in [0.1, 0.15) is 64.4 Å². The molecule has 0 unspecified atom stereocenters. The van der Waals surface area contributed by atoms with Gasteiger partial charge >= 0.3 is 12.1 Å². The van der Waals surface area contributed by atoms with Gasteiger partial charge in [0.05, 0.1) is 17.2 Å². The highest BCUT2D eigenvalue weighted by Crippen LogP contribution is 2.26. The zero-order valence-electron chi connectivity index (χ0n) is 15.3. The summed E-state index contributed by atoms with van der Waals surface area (Å²) >= 11 is 0. The molecule has 1 aromatic rings. The molecule has 0 heterocycles. The third kappa shape index (κ3) is 4.96. The zero-order valence-corrected chi connectivity index (χ0v) is 15.3. The number of carbonyl (C=O) groups is 2. The molecule has 0 saturated heterocycles. The van der Waals surface area contributed by atoms with Gasteiger partial charge in [0.15, 0.2) is 0 Å². The SMILES string of the molecule is CCCCCOC(=O)OOOC(=O)c1c(C)c(C)c(C)c(C)c1C. The van der Waals surface area contributed by atoms with Gasteiger partial charge in [0, 0.05) is 0 Å². The van der Waals surface area contributed by atoms with Crippen molar-refractivity contribution in [2.75, 3.05) is 6.61 Å². The second-order valence-corrected chi connectivity index (χ2v) is 5.83. The molecule has 24 heavy (non-hydrogen) atoms. The predicted molar refractivity (Wildman–Crippen MR) is 88.6 cm³/mol. The lowest BCUT2D eigenvalue weighted by molar-refractivity contribution is -0.452. The van der Waals surface area contributed by atoms with Crippen LogP contribution in [0.4, 0.5) is 4.79 Å². The van der Waals surface area contributed by atoms with E-state index >= 15 is 0 Å². The van der Waals surface area contributed by atoms with Gasteiger partial charge < -0.3 is 4.74 Å². The van der Waals surface area contributed by atoms with E-state index in [1.807, 2.05) is 41.5 Å². The second-order valence-electron chi connectivity index (χ2n) is 5.83. The van der Waals surface area contributed by atoms with Gasteiger partial charge in [-0.25, -0.2) is 14.5 Å². The summed E-state index contributed by atoms with van der Waals surface area (Å²) < 4.78 is 4.76. The van der Waals surface area contributed by atoms with Crippen LogP contribution in [-0.4, -0.2) is 18.7 Å². The first-order chi connectivity index (χ1) is 11.3. The van der Waals surface area contributed by atoms with Crippen LogP contribution in [0.5, 0.6) is 0 Å². The number of benzene rings is 1. The summed E-state index contributed by atoms with van der Waals surface area (Å²) in [5.41, 5.74) is 5.20. The number of hydrogen-bond donors (Lipinski definition) is 0. The standard InChI is InChI=1S/C18H26O6/c1-7-8-9-10-21-18(20)23-24-22-17(19)16-14(5)12(3)11(2)13(4)15(16)6/h7-10H2,1-6H3. The zero-order chi connectivity index (χ0) is 18.3. The fraction of sp³-hybridized carbons (Fsp3) is 0.556. The first kappa shape index (κ1) is 20.0. The van der Waals surface area contributed by atoms with Gasteiger partial charge in [0.1, 0.15) is 0 Å². The predicted octanol–water partition coefficient (Wildman–Crippen LogP) is 4.58. The Labute approximate surface area is 142 Å². The molecule has 1 rings (SSSR count). The number of ether oxygens (including phenoxy) is 1. The van der Waals surface area contributed by atoms with Crippen LogP contribution < -0.4 is 0 Å². The first-order valence-electron chi connectivity index (χ1n) is 8.10. The average Bonchev–Trinajstić information content (AvgIpc) is 2.55. The van der Waals surface area contributed by atoms with Crippen molar-refractivity contribution >= 4 is 12.1 Å². The molecule has 0 radical (unpaired) electrons. The summed E-state index contributed by atoms with van der Waals surface area (Å²) in [6.45, 7) is 11.9. The van der Waals surface area contributed by atoms with Crippen LogP contribution in [-0.2, 0) is 19.6 Å². The minimum absolute atomic E-state index is 0.235. The van der Waals surface area contributed by atoms with E-state index in [1.54, 1.807) is 0 Å². The van der Waals surface area contributed by atoms with Crippen molar-refractivity contribution in [1.82, 2.24) is 0 Å². The van der Waals surface area contributed by atoms with E-state index in [0.717, 1.165) is 47.1 Å². The lowest BCUT2D eigenvalue weighted by Crippen LogP contribution is -2.15.